The molecule has 3 aliphatic rings. The van der Waals surface area contributed by atoms with E-state index in [2.05, 4.69) is 25.8 Å². The van der Waals surface area contributed by atoms with Gasteiger partial charge < -0.3 is 19.2 Å². The van der Waals surface area contributed by atoms with Crippen molar-refractivity contribution in [2.75, 3.05) is 11.5 Å². The van der Waals surface area contributed by atoms with Gasteiger partial charge in [0.1, 0.15) is 0 Å². The fraction of sp³-hybridized carbons (Fsp3) is 0.300. The molecule has 2 saturated heterocycles. The molecule has 4 aromatic carbocycles. The van der Waals surface area contributed by atoms with E-state index in [0.717, 1.165) is 16.4 Å². The van der Waals surface area contributed by atoms with Gasteiger partial charge in [-0.1, -0.05) is 93.6 Å². The molecule has 3 heterocycles. The summed E-state index contributed by atoms with van der Waals surface area (Å²) in [5.41, 5.74) is -1.56. The van der Waals surface area contributed by atoms with E-state index in [-0.39, 0.29) is 38.3 Å². The number of hydrogen-bond acceptors (Lipinski definition) is 7. The van der Waals surface area contributed by atoms with Crippen LogP contribution in [0.5, 0.6) is 5.75 Å². The van der Waals surface area contributed by atoms with E-state index in [1.165, 1.54) is 12.1 Å². The van der Waals surface area contributed by atoms with Crippen molar-refractivity contribution >= 4 is 55.0 Å². The lowest BCUT2D eigenvalue weighted by atomic mass is 9.58. The van der Waals surface area contributed by atoms with Crippen molar-refractivity contribution in [3.05, 3.63) is 161 Å². The second-order valence-electron chi connectivity index (χ2n) is 18.2. The number of imide groups is 1. The van der Waals surface area contributed by atoms with Gasteiger partial charge in [-0.05, 0) is 118 Å². The van der Waals surface area contributed by atoms with Crippen LogP contribution in [0.2, 0.25) is 11.4 Å². The average Bonchev–Trinajstić information content (AvgIpc) is 3.54. The van der Waals surface area contributed by atoms with Crippen LogP contribution < -0.4 is 15.3 Å². The first kappa shape index (κ1) is 47.6. The lowest BCUT2D eigenvalue weighted by Crippen LogP contribution is -2.66. The number of carbonyl (C=O) groups is 2. The second kappa shape index (κ2) is 18.3. The summed E-state index contributed by atoms with van der Waals surface area (Å²) >= 11 is 0. The third-order valence-electron chi connectivity index (χ3n) is 13.0. The van der Waals surface area contributed by atoms with Crippen LogP contribution in [0.4, 0.5) is 36.4 Å². The van der Waals surface area contributed by atoms with Gasteiger partial charge in [-0.15, -0.1) is 0 Å². The molecule has 67 heavy (non-hydrogen) atoms. The largest absolute Gasteiger partial charge is 0.505 e. The Morgan fingerprint density at radius 3 is 2.00 bits per heavy atom. The molecule has 2 aliphatic heterocycles. The Morgan fingerprint density at radius 1 is 0.836 bits per heavy atom. The minimum Gasteiger partial charge on any atom is -0.505 e. The topological polar surface area (TPSA) is 109 Å². The molecule has 2 N–H and O–H groups in total. The molecular weight excluding hydrogens is 896 g/mol. The zero-order valence-electron chi connectivity index (χ0n) is 36.6. The van der Waals surface area contributed by atoms with Gasteiger partial charge in [0, 0.05) is 6.20 Å². The molecule has 8 rings (SSSR count). The maximum absolute atomic E-state index is 14.7. The van der Waals surface area contributed by atoms with Crippen molar-refractivity contribution in [1.82, 2.24) is 4.98 Å². The van der Waals surface area contributed by atoms with Gasteiger partial charge in [-0.25, -0.2) is 9.29 Å². The fourth-order valence-corrected chi connectivity index (χ4v) is 14.6. The molecule has 17 heteroatoms. The van der Waals surface area contributed by atoms with Crippen LogP contribution in [0.3, 0.4) is 0 Å². The van der Waals surface area contributed by atoms with Crippen LogP contribution in [-0.4, -0.2) is 55.1 Å². The molecule has 0 bridgehead atoms. The van der Waals surface area contributed by atoms with E-state index >= 15 is 0 Å². The van der Waals surface area contributed by atoms with Crippen molar-refractivity contribution in [3.63, 3.8) is 0 Å². The Kier molecular flexibility index (Phi) is 13.0. The number of pyridine rings is 1. The molecule has 1 aromatic heterocycles. The Bertz CT molecular complexity index is 2640. The molecule has 5 aromatic rings. The zero-order chi connectivity index (χ0) is 48.1. The monoisotopic (exact) mass is 942 g/mol. The Labute approximate surface area is 384 Å². The number of rotatable bonds is 11. The maximum atomic E-state index is 14.7. The molecule has 2 fully saturated rings. The predicted octanol–water partition coefficient (Wildman–Crippen LogP) is 9.86. The van der Waals surface area contributed by atoms with Crippen LogP contribution in [0.25, 0.3) is 11.6 Å². The standard InChI is InChI=1S/C50H46BF7N2O6Si/c1-48(2,3)67(36-12-6-4-7-13-36,37-14-8-5-9-15-37)65-29-32-24-38-45(47(63)60(46(38)62)35-26-33(49(53,54)55)25-34(27-35)50(56,57)58)39-28-51(64)66-43(44(32)39)20-18-31(41-16-10-11-21-59-41)22-30-17-19-42(61)40(52)23-30/h4-17,19,21-23,25-27,38-39,43,45,61,64H,18,20,24,28-29H2,1-3H3/b31-22-/t38-,39+,43-,45-/m1/s1. The van der Waals surface area contributed by atoms with Gasteiger partial charge in [0.05, 0.1) is 47.1 Å². The van der Waals surface area contributed by atoms with Crippen molar-refractivity contribution in [1.29, 1.82) is 0 Å². The summed E-state index contributed by atoms with van der Waals surface area (Å²) in [5.74, 6) is -6.80. The van der Waals surface area contributed by atoms with Crippen LogP contribution in [-0.2, 0) is 31.0 Å². The molecule has 0 radical (unpaired) electrons. The molecule has 0 spiro atoms. The van der Waals surface area contributed by atoms with Gasteiger partial charge in [0.25, 0.3) is 8.32 Å². The summed E-state index contributed by atoms with van der Waals surface area (Å²) in [6.07, 6.45) is -8.18. The molecule has 0 saturated carbocycles. The van der Waals surface area contributed by atoms with Crippen molar-refractivity contribution in [2.45, 2.75) is 69.8 Å². The Balaban J connectivity index is 1.25. The number of hydrogen-bond donors (Lipinski definition) is 2. The van der Waals surface area contributed by atoms with Crippen LogP contribution in [0.15, 0.2) is 133 Å². The first-order valence-electron chi connectivity index (χ1n) is 21.8. The summed E-state index contributed by atoms with van der Waals surface area (Å²) in [7, 11) is -4.80. The highest BCUT2D eigenvalue weighted by Gasteiger charge is 2.59. The smallest absolute Gasteiger partial charge is 0.455 e. The summed E-state index contributed by atoms with van der Waals surface area (Å²) in [5, 5.41) is 22.7. The number of aromatic nitrogens is 1. The van der Waals surface area contributed by atoms with Gasteiger partial charge in [-0.2, -0.15) is 26.3 Å². The normalized spacial score (nSPS) is 20.6. The summed E-state index contributed by atoms with van der Waals surface area (Å²) in [6.45, 7) is 6.13. The summed E-state index contributed by atoms with van der Waals surface area (Å²) in [6, 6.07) is 29.3. The quantitative estimate of drug-likeness (QED) is 0.0588. The zero-order valence-corrected chi connectivity index (χ0v) is 37.6. The molecular formula is C50H46BF7N2O6Si. The number of amides is 2. The molecule has 2 amide bonds. The van der Waals surface area contributed by atoms with Crippen molar-refractivity contribution in [3.8, 4) is 5.75 Å². The number of alkyl halides is 6. The SMILES string of the molecule is CC(C)(C)[Si](OCC1=C2[C@@H](CC/C(=C/c3ccc(O)c(F)c3)c3ccccn3)OB(O)C[C@@H]2[C@@H]2C(=O)N(c3cc(C(F)(F)F)cc(C(F)(F)F)c3)C(=O)[C@@H]2C1)(c1ccccc1)c1ccccc1. The number of aromatic hydroxyl groups is 1. The number of allylic oxidation sites excluding steroid dienone is 1. The average molecular weight is 943 g/mol. The van der Waals surface area contributed by atoms with Gasteiger partial charge in [0.15, 0.2) is 11.6 Å². The second-order valence-corrected chi connectivity index (χ2v) is 22.5. The van der Waals surface area contributed by atoms with E-state index in [1.807, 2.05) is 60.7 Å². The van der Waals surface area contributed by atoms with Crippen molar-refractivity contribution in [2.24, 2.45) is 17.8 Å². The van der Waals surface area contributed by atoms with E-state index in [9.17, 15) is 50.5 Å². The molecule has 8 nitrogen and oxygen atoms in total. The Hall–Kier alpha value is -5.88. The lowest BCUT2D eigenvalue weighted by molar-refractivity contribution is -0.143. The summed E-state index contributed by atoms with van der Waals surface area (Å²) in [4.78, 5) is 34.2. The van der Waals surface area contributed by atoms with Crippen LogP contribution >= 0.6 is 0 Å². The van der Waals surface area contributed by atoms with Crippen molar-refractivity contribution < 1.29 is 59.5 Å². The number of phenolic OH excluding ortho intramolecular Hbond substituents is 1. The summed E-state index contributed by atoms with van der Waals surface area (Å²) < 4.78 is 113. The molecule has 4 atom stereocenters. The van der Waals surface area contributed by atoms with Gasteiger partial charge >= 0.3 is 19.5 Å². The van der Waals surface area contributed by atoms with E-state index in [0.29, 0.717) is 45.0 Å². The first-order chi connectivity index (χ1) is 31.7. The van der Waals surface area contributed by atoms with E-state index < -0.39 is 96.9 Å². The predicted molar refractivity (Wildman–Crippen MR) is 242 cm³/mol. The number of phenols is 1. The first-order valence-corrected chi connectivity index (χ1v) is 23.7. The number of carbonyl (C=O) groups excluding carboxylic acids is 2. The van der Waals surface area contributed by atoms with E-state index in [1.54, 1.807) is 30.5 Å². The third-order valence-corrected chi connectivity index (χ3v) is 18.0. The van der Waals surface area contributed by atoms with E-state index in [4.69, 9.17) is 9.08 Å². The molecule has 348 valence electrons. The minimum absolute atomic E-state index is 0.0627. The number of nitrogens with zero attached hydrogens (tertiary/aromatic N) is 2. The number of benzene rings is 4. The van der Waals surface area contributed by atoms with Crippen LogP contribution in [0.1, 0.15) is 62.4 Å². The Morgan fingerprint density at radius 2 is 1.45 bits per heavy atom. The molecule has 0 unspecified atom stereocenters. The number of anilines is 1. The third kappa shape index (κ3) is 9.38. The number of fused-ring (bicyclic) bond motifs is 3. The minimum atomic E-state index is -5.24. The molecule has 1 aliphatic carbocycles. The highest BCUT2D eigenvalue weighted by Crippen LogP contribution is 2.53. The fourth-order valence-electron chi connectivity index (χ4n) is 10.1. The van der Waals surface area contributed by atoms with Gasteiger partial charge in [0.2, 0.25) is 11.8 Å². The highest BCUT2D eigenvalue weighted by molar-refractivity contribution is 6.99. The van der Waals surface area contributed by atoms with Crippen LogP contribution in [0, 0.1) is 23.6 Å². The maximum Gasteiger partial charge on any atom is 0.455 e. The van der Waals surface area contributed by atoms with Gasteiger partial charge in [-0.3, -0.25) is 14.6 Å². The number of halogens is 7. The lowest BCUT2D eigenvalue weighted by Gasteiger charge is -2.46. The highest BCUT2D eigenvalue weighted by atomic mass is 28.4.